The summed E-state index contributed by atoms with van der Waals surface area (Å²) in [7, 11) is 0. The molecule has 1 aliphatic rings. The van der Waals surface area contributed by atoms with E-state index >= 15 is 0 Å². The third-order valence-corrected chi connectivity index (χ3v) is 5.85. The quantitative estimate of drug-likeness (QED) is 0.542. The van der Waals surface area contributed by atoms with Gasteiger partial charge in [0.05, 0.1) is 0 Å². The zero-order chi connectivity index (χ0) is 21.5. The number of hydrogen-bond acceptors (Lipinski definition) is 6. The van der Waals surface area contributed by atoms with Crippen LogP contribution in [0.3, 0.4) is 0 Å². The molecule has 0 aliphatic heterocycles. The van der Waals surface area contributed by atoms with Crippen LogP contribution in [0.15, 0.2) is 67.0 Å². The van der Waals surface area contributed by atoms with Crippen molar-refractivity contribution in [3.8, 4) is 0 Å². The molecule has 2 aromatic heterocycles. The van der Waals surface area contributed by atoms with Gasteiger partial charge >= 0.3 is 0 Å². The summed E-state index contributed by atoms with van der Waals surface area (Å²) in [6.45, 7) is 0.669. The van der Waals surface area contributed by atoms with Crippen LogP contribution >= 0.6 is 0 Å². The minimum Gasteiger partial charge on any atom is -0.354 e. The molecule has 1 atom stereocenters. The van der Waals surface area contributed by atoms with Gasteiger partial charge < -0.3 is 16.4 Å². The van der Waals surface area contributed by atoms with Crippen molar-refractivity contribution in [3.63, 3.8) is 0 Å². The molecule has 4 N–H and O–H groups in total. The number of anilines is 2. The second kappa shape index (κ2) is 10.1. The van der Waals surface area contributed by atoms with Crippen LogP contribution in [0.2, 0.25) is 0 Å². The zero-order valence-electron chi connectivity index (χ0n) is 17.4. The summed E-state index contributed by atoms with van der Waals surface area (Å²) in [5, 5.41) is 6.19. The fourth-order valence-corrected chi connectivity index (χ4v) is 4.04. The van der Waals surface area contributed by atoms with Gasteiger partial charge in [0.25, 0.3) is 0 Å². The number of rotatable bonds is 7. The van der Waals surface area contributed by atoms with Gasteiger partial charge in [-0.1, -0.05) is 36.4 Å². The Hall–Kier alpha value is -3.32. The molecule has 0 radical (unpaired) electrons. The van der Waals surface area contributed by atoms with Crippen molar-refractivity contribution in [2.45, 2.75) is 37.6 Å². The summed E-state index contributed by atoms with van der Waals surface area (Å²) in [5.74, 6) is 2.06. The van der Waals surface area contributed by atoms with E-state index in [-0.39, 0.29) is 5.91 Å². The Balaban J connectivity index is 1.26. The Morgan fingerprint density at radius 2 is 1.74 bits per heavy atom. The van der Waals surface area contributed by atoms with Crippen molar-refractivity contribution in [3.05, 3.63) is 78.2 Å². The normalized spacial score (nSPS) is 19.4. The minimum absolute atomic E-state index is 0.116. The number of amides is 1. The maximum atomic E-state index is 12.4. The van der Waals surface area contributed by atoms with Crippen molar-refractivity contribution in [1.82, 2.24) is 20.3 Å². The lowest BCUT2D eigenvalue weighted by atomic mass is 9.80. The van der Waals surface area contributed by atoms with Gasteiger partial charge in [-0.2, -0.15) is 0 Å². The third-order valence-electron chi connectivity index (χ3n) is 5.85. The third kappa shape index (κ3) is 5.64. The van der Waals surface area contributed by atoms with Gasteiger partial charge in [-0.3, -0.25) is 4.79 Å². The second-order valence-electron chi connectivity index (χ2n) is 8.00. The van der Waals surface area contributed by atoms with Gasteiger partial charge in [0.15, 0.2) is 0 Å². The Labute approximate surface area is 182 Å². The van der Waals surface area contributed by atoms with Gasteiger partial charge in [-0.05, 0) is 55.4 Å². The number of carbonyl (C=O) groups is 1. The number of hydrogen-bond donors (Lipinski definition) is 3. The lowest BCUT2D eigenvalue weighted by Gasteiger charge is -2.28. The molecule has 1 saturated carbocycles. The van der Waals surface area contributed by atoms with Crippen molar-refractivity contribution >= 4 is 17.7 Å². The standard InChI is InChI=1S/C24H28N6O/c25-22(19-6-2-1-3-7-19)23(31)28-16-17-9-11-18(12-10-17)20-13-15-27-24(29-20)30-21-8-4-5-14-26-21/h1-8,13-15,17-18,22H,9-12,16,25H2,(H,28,31)(H,26,27,29,30)/t17?,18?,22-/m1/s1. The predicted octanol–water partition coefficient (Wildman–Crippen LogP) is 3.71. The molecule has 0 saturated heterocycles. The lowest BCUT2D eigenvalue weighted by molar-refractivity contribution is -0.122. The van der Waals surface area contributed by atoms with Gasteiger partial charge in [0, 0.05) is 30.6 Å². The van der Waals surface area contributed by atoms with Crippen LogP contribution < -0.4 is 16.4 Å². The first kappa shape index (κ1) is 20.9. The SMILES string of the molecule is N[C@@H](C(=O)NCC1CCC(c2ccnc(Nc3ccccn3)n2)CC1)c1ccccc1. The first-order valence-electron chi connectivity index (χ1n) is 10.8. The number of benzene rings is 1. The average molecular weight is 417 g/mol. The van der Waals surface area contributed by atoms with E-state index in [1.165, 1.54) is 0 Å². The van der Waals surface area contributed by atoms with Crippen LogP contribution in [0.1, 0.15) is 48.9 Å². The summed E-state index contributed by atoms with van der Waals surface area (Å²) < 4.78 is 0. The highest BCUT2D eigenvalue weighted by Crippen LogP contribution is 2.35. The van der Waals surface area contributed by atoms with E-state index < -0.39 is 6.04 Å². The number of nitrogens with one attached hydrogen (secondary N) is 2. The number of nitrogens with two attached hydrogens (primary N) is 1. The largest absolute Gasteiger partial charge is 0.354 e. The molecule has 0 bridgehead atoms. The van der Waals surface area contributed by atoms with E-state index in [1.807, 2.05) is 54.6 Å². The summed E-state index contributed by atoms with van der Waals surface area (Å²) in [5.41, 5.74) is 7.98. The molecule has 4 rings (SSSR count). The van der Waals surface area contributed by atoms with Crippen molar-refractivity contribution in [1.29, 1.82) is 0 Å². The van der Waals surface area contributed by atoms with Crippen LogP contribution in [-0.4, -0.2) is 27.4 Å². The number of carbonyl (C=O) groups excluding carboxylic acids is 1. The lowest BCUT2D eigenvalue weighted by Crippen LogP contribution is -2.37. The first-order valence-corrected chi connectivity index (χ1v) is 10.8. The monoisotopic (exact) mass is 416 g/mol. The Morgan fingerprint density at radius 3 is 2.48 bits per heavy atom. The van der Waals surface area contributed by atoms with Crippen LogP contribution in [0.4, 0.5) is 11.8 Å². The molecule has 2 heterocycles. The predicted molar refractivity (Wildman–Crippen MR) is 121 cm³/mol. The highest BCUT2D eigenvalue weighted by Gasteiger charge is 2.25. The molecule has 7 nitrogen and oxygen atoms in total. The van der Waals surface area contributed by atoms with Gasteiger partial charge in [-0.25, -0.2) is 15.0 Å². The van der Waals surface area contributed by atoms with Crippen molar-refractivity contribution < 1.29 is 4.79 Å². The number of nitrogens with zero attached hydrogens (tertiary/aromatic N) is 3. The molecule has 0 unspecified atom stereocenters. The summed E-state index contributed by atoms with van der Waals surface area (Å²) >= 11 is 0. The molecule has 31 heavy (non-hydrogen) atoms. The number of aromatic nitrogens is 3. The highest BCUT2D eigenvalue weighted by molar-refractivity contribution is 5.82. The Bertz CT molecular complexity index is 974. The van der Waals surface area contributed by atoms with E-state index in [9.17, 15) is 4.79 Å². The van der Waals surface area contributed by atoms with Gasteiger partial charge in [0.2, 0.25) is 11.9 Å². The Morgan fingerprint density at radius 1 is 0.968 bits per heavy atom. The molecule has 7 heteroatoms. The topological polar surface area (TPSA) is 106 Å². The van der Waals surface area contributed by atoms with E-state index in [4.69, 9.17) is 10.7 Å². The van der Waals surface area contributed by atoms with Crippen molar-refractivity contribution in [2.24, 2.45) is 11.7 Å². The van der Waals surface area contributed by atoms with Crippen LogP contribution in [0.5, 0.6) is 0 Å². The molecular formula is C24H28N6O. The average Bonchev–Trinajstić information content (AvgIpc) is 2.84. The van der Waals surface area contributed by atoms with E-state index in [2.05, 4.69) is 20.6 Å². The molecule has 0 spiro atoms. The Kier molecular flexibility index (Phi) is 6.84. The summed E-state index contributed by atoms with van der Waals surface area (Å²) in [4.78, 5) is 25.7. The molecule has 1 amide bonds. The fourth-order valence-electron chi connectivity index (χ4n) is 4.04. The van der Waals surface area contributed by atoms with E-state index in [0.29, 0.717) is 24.3 Å². The van der Waals surface area contributed by atoms with Gasteiger partial charge in [0.1, 0.15) is 11.9 Å². The van der Waals surface area contributed by atoms with Crippen LogP contribution in [0.25, 0.3) is 0 Å². The van der Waals surface area contributed by atoms with Gasteiger partial charge in [-0.15, -0.1) is 0 Å². The van der Waals surface area contributed by atoms with E-state index in [1.54, 1.807) is 12.4 Å². The number of pyridine rings is 1. The fraction of sp³-hybridized carbons (Fsp3) is 0.333. The molecule has 1 fully saturated rings. The van der Waals surface area contributed by atoms with Crippen LogP contribution in [0, 0.1) is 5.92 Å². The molecular weight excluding hydrogens is 388 g/mol. The summed E-state index contributed by atoms with van der Waals surface area (Å²) in [6.07, 6.45) is 7.73. The minimum atomic E-state index is -0.622. The zero-order valence-corrected chi connectivity index (χ0v) is 17.4. The first-order chi connectivity index (χ1) is 15.2. The van der Waals surface area contributed by atoms with Crippen LogP contribution in [-0.2, 0) is 4.79 Å². The smallest absolute Gasteiger partial charge is 0.241 e. The maximum absolute atomic E-state index is 12.4. The van der Waals surface area contributed by atoms with Crippen molar-refractivity contribution in [2.75, 3.05) is 11.9 Å². The highest BCUT2D eigenvalue weighted by atomic mass is 16.2. The molecule has 3 aromatic rings. The molecule has 1 aromatic carbocycles. The summed E-state index contributed by atoms with van der Waals surface area (Å²) in [6, 6.07) is 16.5. The molecule has 1 aliphatic carbocycles. The second-order valence-corrected chi connectivity index (χ2v) is 8.00. The molecule has 160 valence electrons. The van der Waals surface area contributed by atoms with E-state index in [0.717, 1.165) is 42.8 Å². The maximum Gasteiger partial charge on any atom is 0.241 e.